The number of hydrogen-bond acceptors (Lipinski definition) is 12. The van der Waals surface area contributed by atoms with Crippen LogP contribution in [0.2, 0.25) is 0 Å². The van der Waals surface area contributed by atoms with Crippen molar-refractivity contribution in [1.82, 2.24) is 16.0 Å². The fourth-order valence-corrected chi connectivity index (χ4v) is 2.54. The van der Waals surface area contributed by atoms with Crippen molar-refractivity contribution in [3.63, 3.8) is 0 Å². The Bertz CT molecular complexity index is 686. The van der Waals surface area contributed by atoms with E-state index in [1.807, 2.05) is 0 Å². The Kier molecular flexibility index (Phi) is 29.2. The molecular weight excluding hydrogens is 558 g/mol. The first kappa shape index (κ1) is 39.3. The first-order valence-electron chi connectivity index (χ1n) is 13.5. The molecule has 0 bridgehead atoms. The van der Waals surface area contributed by atoms with Crippen LogP contribution in [-0.4, -0.2) is 137 Å². The molecule has 0 aromatic rings. The van der Waals surface area contributed by atoms with Gasteiger partial charge in [0.1, 0.15) is 26.3 Å². The van der Waals surface area contributed by atoms with E-state index < -0.39 is 0 Å². The molecule has 0 fully saturated rings. The lowest BCUT2D eigenvalue weighted by Gasteiger charge is -2.18. The second-order valence-corrected chi connectivity index (χ2v) is 7.87. The topological polar surface area (TPSA) is 170 Å². The van der Waals surface area contributed by atoms with E-state index in [0.29, 0.717) is 79.3 Å². The molecule has 0 aromatic heterocycles. The zero-order valence-corrected chi connectivity index (χ0v) is 24.4. The van der Waals surface area contributed by atoms with Crippen LogP contribution in [0.15, 0.2) is 38.0 Å². The van der Waals surface area contributed by atoms with Gasteiger partial charge in [0.15, 0.2) is 0 Å². The Hall–Kier alpha value is -2.73. The van der Waals surface area contributed by atoms with Crippen LogP contribution in [0.3, 0.4) is 0 Å². The molecule has 242 valence electrons. The second-order valence-electron chi connectivity index (χ2n) is 7.87. The zero-order chi connectivity index (χ0) is 30.9. The largest absolute Gasteiger partial charge is 0.377 e. The quantitative estimate of drug-likeness (QED) is 0.0501. The third kappa shape index (κ3) is 28.8. The van der Waals surface area contributed by atoms with Gasteiger partial charge in [-0.3, -0.25) is 14.4 Å². The van der Waals surface area contributed by atoms with Gasteiger partial charge in [-0.25, -0.2) is 0 Å². The van der Waals surface area contributed by atoms with Crippen LogP contribution >= 0.6 is 0 Å². The summed E-state index contributed by atoms with van der Waals surface area (Å²) in [5.41, 5.74) is 0. The molecule has 15 heteroatoms. The molecule has 0 aliphatic rings. The molecule has 0 atom stereocenters. The summed E-state index contributed by atoms with van der Waals surface area (Å²) in [6.45, 7) is 15.0. The van der Waals surface area contributed by atoms with Gasteiger partial charge >= 0.3 is 0 Å². The molecule has 0 rings (SSSR count). The lowest BCUT2D eigenvalue weighted by molar-refractivity contribution is -0.119. The Morgan fingerprint density at radius 2 is 0.738 bits per heavy atom. The number of carbonyl (C=O) groups excluding carboxylic acids is 3. The van der Waals surface area contributed by atoms with Crippen molar-refractivity contribution < 1.29 is 57.0 Å². The van der Waals surface area contributed by atoms with E-state index in [9.17, 15) is 14.4 Å². The van der Waals surface area contributed by atoms with Crippen LogP contribution in [0.1, 0.15) is 0 Å². The Morgan fingerprint density at radius 1 is 0.452 bits per heavy atom. The third-order valence-electron chi connectivity index (χ3n) is 4.65. The molecule has 0 spiro atoms. The smallest absolute Gasteiger partial charge is 0.245 e. The summed E-state index contributed by atoms with van der Waals surface area (Å²) in [5, 5.41) is 7.49. The van der Waals surface area contributed by atoms with Gasteiger partial charge in [0, 0.05) is 0 Å². The van der Waals surface area contributed by atoms with Crippen molar-refractivity contribution in [2.45, 2.75) is 6.10 Å². The maximum absolute atomic E-state index is 11.0. The van der Waals surface area contributed by atoms with Crippen LogP contribution in [-0.2, 0) is 57.0 Å². The number of ether oxygens (including phenoxy) is 9. The number of nitrogens with one attached hydrogen (secondary N) is 3. The van der Waals surface area contributed by atoms with Gasteiger partial charge < -0.3 is 58.6 Å². The molecule has 3 N–H and O–H groups in total. The van der Waals surface area contributed by atoms with E-state index in [1.54, 1.807) is 0 Å². The molecule has 0 aliphatic heterocycles. The van der Waals surface area contributed by atoms with Crippen LogP contribution in [0.4, 0.5) is 0 Å². The average Bonchev–Trinajstić information content (AvgIpc) is 3.00. The van der Waals surface area contributed by atoms with Crippen molar-refractivity contribution in [3.8, 4) is 0 Å². The van der Waals surface area contributed by atoms with Crippen LogP contribution in [0.25, 0.3) is 0 Å². The molecular formula is C27H47N3O12. The lowest BCUT2D eigenvalue weighted by Crippen LogP contribution is -2.29. The van der Waals surface area contributed by atoms with Gasteiger partial charge in [-0.1, -0.05) is 19.7 Å². The second kappa shape index (κ2) is 31.2. The van der Waals surface area contributed by atoms with Gasteiger partial charge in [0.2, 0.25) is 17.7 Å². The highest BCUT2D eigenvalue weighted by atomic mass is 16.6. The minimum atomic E-state index is -0.340. The van der Waals surface area contributed by atoms with Gasteiger partial charge in [-0.2, -0.15) is 0 Å². The predicted molar refractivity (Wildman–Crippen MR) is 151 cm³/mol. The molecule has 0 aliphatic carbocycles. The van der Waals surface area contributed by atoms with Crippen LogP contribution in [0.5, 0.6) is 0 Å². The number of amides is 3. The Morgan fingerprint density at radius 3 is 1.07 bits per heavy atom. The molecule has 42 heavy (non-hydrogen) atoms. The first-order valence-corrected chi connectivity index (χ1v) is 13.5. The summed E-state index contributed by atoms with van der Waals surface area (Å²) in [6, 6.07) is 0. The number of hydrogen-bond donors (Lipinski definition) is 3. The normalized spacial score (nSPS) is 10.8. The highest BCUT2D eigenvalue weighted by molar-refractivity contribution is 5.87. The lowest BCUT2D eigenvalue weighted by atomic mass is 10.4. The summed E-state index contributed by atoms with van der Waals surface area (Å²) in [4.78, 5) is 33.0. The molecule has 3 amide bonds. The predicted octanol–water partition coefficient (Wildman–Crippen LogP) is -0.716. The SMILES string of the molecule is C=CC(=O)NCOCCOCCOCC(COCCOCCOCNC(=O)C=C)OCCOCCOCNC(=O)C=C. The maximum atomic E-state index is 11.0. The van der Waals surface area contributed by atoms with Gasteiger partial charge in [0.05, 0.1) is 92.5 Å². The fraction of sp³-hybridized carbons (Fsp3) is 0.667. The molecule has 0 heterocycles. The van der Waals surface area contributed by atoms with E-state index in [0.717, 1.165) is 0 Å². The summed E-state index contributed by atoms with van der Waals surface area (Å²) >= 11 is 0. The summed E-state index contributed by atoms with van der Waals surface area (Å²) in [5.74, 6) is -0.915. The van der Waals surface area contributed by atoms with E-state index >= 15 is 0 Å². The maximum Gasteiger partial charge on any atom is 0.245 e. The average molecular weight is 606 g/mol. The third-order valence-corrected chi connectivity index (χ3v) is 4.65. The Labute approximate surface area is 247 Å². The first-order chi connectivity index (χ1) is 20.5. The monoisotopic (exact) mass is 605 g/mol. The minimum Gasteiger partial charge on any atom is -0.377 e. The van der Waals surface area contributed by atoms with Crippen molar-refractivity contribution in [3.05, 3.63) is 38.0 Å². The highest BCUT2D eigenvalue weighted by Gasteiger charge is 2.10. The molecule has 0 unspecified atom stereocenters. The molecule has 15 nitrogen and oxygen atoms in total. The molecule has 0 aromatic carbocycles. The highest BCUT2D eigenvalue weighted by Crippen LogP contribution is 1.97. The number of rotatable bonds is 32. The van der Waals surface area contributed by atoms with Crippen LogP contribution < -0.4 is 16.0 Å². The van der Waals surface area contributed by atoms with Gasteiger partial charge in [0.25, 0.3) is 0 Å². The summed E-state index contributed by atoms with van der Waals surface area (Å²) in [7, 11) is 0. The van der Waals surface area contributed by atoms with Gasteiger partial charge in [-0.15, -0.1) is 0 Å². The van der Waals surface area contributed by atoms with Crippen molar-refractivity contribution in [2.75, 3.05) is 113 Å². The fourth-order valence-electron chi connectivity index (χ4n) is 2.54. The molecule has 0 saturated heterocycles. The van der Waals surface area contributed by atoms with Crippen molar-refractivity contribution in [1.29, 1.82) is 0 Å². The van der Waals surface area contributed by atoms with Crippen molar-refractivity contribution in [2.24, 2.45) is 0 Å². The van der Waals surface area contributed by atoms with E-state index in [-0.39, 0.29) is 57.2 Å². The molecule has 0 saturated carbocycles. The van der Waals surface area contributed by atoms with Crippen LogP contribution in [0, 0.1) is 0 Å². The minimum absolute atomic E-state index is 0.0802. The van der Waals surface area contributed by atoms with E-state index in [2.05, 4.69) is 35.7 Å². The Balaban J connectivity index is 4.01. The van der Waals surface area contributed by atoms with E-state index in [4.69, 9.17) is 42.6 Å². The van der Waals surface area contributed by atoms with E-state index in [1.165, 1.54) is 18.2 Å². The number of carbonyl (C=O) groups is 3. The van der Waals surface area contributed by atoms with Crippen molar-refractivity contribution >= 4 is 17.7 Å². The van der Waals surface area contributed by atoms with Gasteiger partial charge in [-0.05, 0) is 18.2 Å². The summed E-state index contributed by atoms with van der Waals surface area (Å²) < 4.78 is 49.1. The standard InChI is InChI=1S/C27H47N3O12/c1-4-25(31)28-21-39-14-9-34-7-12-37-19-24(42-18-17-36-11-16-41-23-30-27(33)6-3)20-38-13-8-35-10-15-40-22-29-26(32)5-2/h4-6,24H,1-3,7-23H2,(H,28,31)(H,29,32)(H,30,33). The molecule has 0 radical (unpaired) electrons. The summed E-state index contributed by atoms with van der Waals surface area (Å²) in [6.07, 6.45) is 3.16. The zero-order valence-electron chi connectivity index (χ0n) is 24.4.